The summed E-state index contributed by atoms with van der Waals surface area (Å²) in [5.74, 6) is 0. The lowest BCUT2D eigenvalue weighted by Gasteiger charge is -2.09. The number of nitrogens with zero attached hydrogens (tertiary/aromatic N) is 3. The van der Waals surface area contributed by atoms with E-state index in [9.17, 15) is 13.2 Å². The molecule has 0 atom stereocenters. The van der Waals surface area contributed by atoms with E-state index in [1.165, 1.54) is 12.1 Å². The molecule has 2 N–H and O–H groups in total. The number of benzene rings is 1. The first-order valence-corrected chi connectivity index (χ1v) is 6.19. The van der Waals surface area contributed by atoms with Gasteiger partial charge in [0, 0.05) is 30.7 Å². The van der Waals surface area contributed by atoms with Crippen LogP contribution in [0.1, 0.15) is 11.3 Å². The Labute approximate surface area is 118 Å². The van der Waals surface area contributed by atoms with Crippen LogP contribution < -0.4 is 5.73 Å². The van der Waals surface area contributed by atoms with Crippen molar-refractivity contribution < 1.29 is 13.2 Å². The van der Waals surface area contributed by atoms with Crippen molar-refractivity contribution in [1.82, 2.24) is 14.4 Å². The van der Waals surface area contributed by atoms with E-state index < -0.39 is 11.7 Å². The van der Waals surface area contributed by atoms with Gasteiger partial charge in [0.25, 0.3) is 0 Å². The van der Waals surface area contributed by atoms with E-state index in [0.29, 0.717) is 22.6 Å². The van der Waals surface area contributed by atoms with Crippen molar-refractivity contribution in [3.63, 3.8) is 0 Å². The number of aromatic nitrogens is 3. The molecule has 0 aliphatic carbocycles. The number of alkyl halides is 3. The Kier molecular flexibility index (Phi) is 3.13. The van der Waals surface area contributed by atoms with Crippen LogP contribution in [0.3, 0.4) is 0 Å². The molecule has 0 fully saturated rings. The van der Waals surface area contributed by atoms with Gasteiger partial charge in [0.05, 0.1) is 11.3 Å². The quantitative estimate of drug-likeness (QED) is 0.790. The molecule has 0 saturated heterocycles. The molecule has 21 heavy (non-hydrogen) atoms. The lowest BCUT2D eigenvalue weighted by atomic mass is 10.1. The summed E-state index contributed by atoms with van der Waals surface area (Å²) in [5.41, 5.74) is 7.18. The van der Waals surface area contributed by atoms with E-state index in [-0.39, 0.29) is 6.54 Å². The molecule has 108 valence electrons. The summed E-state index contributed by atoms with van der Waals surface area (Å²) >= 11 is 0. The van der Waals surface area contributed by atoms with Gasteiger partial charge in [0.2, 0.25) is 0 Å². The first-order chi connectivity index (χ1) is 9.99. The molecule has 0 bridgehead atoms. The van der Waals surface area contributed by atoms with Crippen LogP contribution in [0.15, 0.2) is 42.9 Å². The lowest BCUT2D eigenvalue weighted by molar-refractivity contribution is -0.137. The van der Waals surface area contributed by atoms with Crippen LogP contribution in [-0.2, 0) is 12.7 Å². The highest BCUT2D eigenvalue weighted by atomic mass is 19.4. The van der Waals surface area contributed by atoms with Crippen LogP contribution in [0, 0.1) is 0 Å². The molecule has 3 aromatic rings. The maximum Gasteiger partial charge on any atom is 0.416 e. The summed E-state index contributed by atoms with van der Waals surface area (Å²) < 4.78 is 39.5. The van der Waals surface area contributed by atoms with E-state index in [1.807, 2.05) is 0 Å². The Morgan fingerprint density at radius 1 is 1.14 bits per heavy atom. The van der Waals surface area contributed by atoms with Crippen molar-refractivity contribution in [2.45, 2.75) is 12.7 Å². The zero-order valence-electron chi connectivity index (χ0n) is 10.8. The van der Waals surface area contributed by atoms with E-state index in [2.05, 4.69) is 9.97 Å². The van der Waals surface area contributed by atoms with E-state index >= 15 is 0 Å². The van der Waals surface area contributed by atoms with E-state index in [1.54, 1.807) is 23.0 Å². The molecule has 0 aliphatic heterocycles. The van der Waals surface area contributed by atoms with Crippen molar-refractivity contribution in [3.8, 4) is 11.3 Å². The number of hydrogen-bond acceptors (Lipinski definition) is 3. The normalized spacial score (nSPS) is 12.0. The SMILES string of the molecule is NCc1cn2ccnc2c(-c2ccc(C(F)(F)F)cc2)n1. The van der Waals surface area contributed by atoms with Crippen molar-refractivity contribution in [2.75, 3.05) is 0 Å². The predicted octanol–water partition coefficient (Wildman–Crippen LogP) is 2.87. The fourth-order valence-corrected chi connectivity index (χ4v) is 2.09. The van der Waals surface area contributed by atoms with Gasteiger partial charge in [0.1, 0.15) is 5.69 Å². The second-order valence-corrected chi connectivity index (χ2v) is 4.52. The Balaban J connectivity index is 2.13. The zero-order valence-corrected chi connectivity index (χ0v) is 10.8. The number of fused-ring (bicyclic) bond motifs is 1. The van der Waals surface area contributed by atoms with Crippen molar-refractivity contribution >= 4 is 5.65 Å². The van der Waals surface area contributed by atoms with Gasteiger partial charge in [-0.3, -0.25) is 0 Å². The molecule has 2 heterocycles. The van der Waals surface area contributed by atoms with Gasteiger partial charge >= 0.3 is 6.18 Å². The highest BCUT2D eigenvalue weighted by Crippen LogP contribution is 2.31. The molecule has 7 heteroatoms. The molecule has 1 aromatic carbocycles. The first-order valence-electron chi connectivity index (χ1n) is 6.19. The molecule has 2 aromatic heterocycles. The first kappa shape index (κ1) is 13.6. The second-order valence-electron chi connectivity index (χ2n) is 4.52. The standard InChI is InChI=1S/C14H11F3N4/c15-14(16,17)10-3-1-9(2-4-10)12-13-19-5-6-21(13)8-11(7-18)20-12/h1-6,8H,7,18H2. The highest BCUT2D eigenvalue weighted by molar-refractivity contribution is 5.74. The monoisotopic (exact) mass is 292 g/mol. The Hall–Kier alpha value is -2.41. The summed E-state index contributed by atoms with van der Waals surface area (Å²) in [4.78, 5) is 8.54. The van der Waals surface area contributed by atoms with E-state index in [4.69, 9.17) is 5.73 Å². The summed E-state index contributed by atoms with van der Waals surface area (Å²) in [6.45, 7) is 0.238. The number of imidazole rings is 1. The third kappa shape index (κ3) is 2.47. The average molecular weight is 292 g/mol. The molecule has 0 amide bonds. The highest BCUT2D eigenvalue weighted by Gasteiger charge is 2.30. The van der Waals surface area contributed by atoms with Gasteiger partial charge in [0.15, 0.2) is 5.65 Å². The van der Waals surface area contributed by atoms with Crippen LogP contribution in [0.5, 0.6) is 0 Å². The molecule has 3 rings (SSSR count). The fraction of sp³-hybridized carbons (Fsp3) is 0.143. The Morgan fingerprint density at radius 3 is 2.48 bits per heavy atom. The van der Waals surface area contributed by atoms with Gasteiger partial charge in [-0.15, -0.1) is 0 Å². The number of rotatable bonds is 2. The Bertz CT molecular complexity index is 775. The zero-order chi connectivity index (χ0) is 15.0. The second kappa shape index (κ2) is 4.85. The van der Waals surface area contributed by atoms with Crippen LogP contribution in [0.25, 0.3) is 16.9 Å². The van der Waals surface area contributed by atoms with Crippen LogP contribution in [0.2, 0.25) is 0 Å². The summed E-state index contributed by atoms with van der Waals surface area (Å²) in [6, 6.07) is 4.84. The molecule has 4 nitrogen and oxygen atoms in total. The molecular formula is C14H11F3N4. The summed E-state index contributed by atoms with van der Waals surface area (Å²) in [6.07, 6.45) is 0.734. The van der Waals surface area contributed by atoms with Gasteiger partial charge in [-0.2, -0.15) is 13.2 Å². The van der Waals surface area contributed by atoms with Gasteiger partial charge < -0.3 is 10.1 Å². The molecule has 0 spiro atoms. The van der Waals surface area contributed by atoms with Crippen molar-refractivity contribution in [3.05, 3.63) is 54.1 Å². The summed E-state index contributed by atoms with van der Waals surface area (Å²) in [5, 5.41) is 0. The molecule has 0 saturated carbocycles. The topological polar surface area (TPSA) is 56.2 Å². The fourth-order valence-electron chi connectivity index (χ4n) is 2.09. The van der Waals surface area contributed by atoms with Crippen LogP contribution >= 0.6 is 0 Å². The van der Waals surface area contributed by atoms with Gasteiger partial charge in [-0.05, 0) is 12.1 Å². The smallest absolute Gasteiger partial charge is 0.325 e. The maximum atomic E-state index is 12.6. The molecule has 0 radical (unpaired) electrons. The third-order valence-corrected chi connectivity index (χ3v) is 3.12. The Morgan fingerprint density at radius 2 is 1.86 bits per heavy atom. The number of nitrogens with two attached hydrogens (primary N) is 1. The van der Waals surface area contributed by atoms with Gasteiger partial charge in [-0.25, -0.2) is 9.97 Å². The maximum absolute atomic E-state index is 12.6. The molecule has 0 unspecified atom stereocenters. The van der Waals surface area contributed by atoms with Crippen LogP contribution in [-0.4, -0.2) is 14.4 Å². The largest absolute Gasteiger partial charge is 0.416 e. The minimum Gasteiger partial charge on any atom is -0.325 e. The van der Waals surface area contributed by atoms with Crippen molar-refractivity contribution in [2.24, 2.45) is 5.73 Å². The van der Waals surface area contributed by atoms with Crippen LogP contribution in [0.4, 0.5) is 13.2 Å². The summed E-state index contributed by atoms with van der Waals surface area (Å²) in [7, 11) is 0. The number of hydrogen-bond donors (Lipinski definition) is 1. The minimum atomic E-state index is -4.35. The number of halogens is 3. The van der Waals surface area contributed by atoms with Gasteiger partial charge in [-0.1, -0.05) is 12.1 Å². The van der Waals surface area contributed by atoms with Crippen molar-refractivity contribution in [1.29, 1.82) is 0 Å². The predicted molar refractivity (Wildman–Crippen MR) is 71.3 cm³/mol. The van der Waals surface area contributed by atoms with E-state index in [0.717, 1.165) is 12.1 Å². The lowest BCUT2D eigenvalue weighted by Crippen LogP contribution is -2.05. The molecular weight excluding hydrogens is 281 g/mol. The average Bonchev–Trinajstić information content (AvgIpc) is 2.93. The third-order valence-electron chi connectivity index (χ3n) is 3.12. The minimum absolute atomic E-state index is 0.238. The molecule has 0 aliphatic rings.